The zero-order chi connectivity index (χ0) is 13.3. The summed E-state index contributed by atoms with van der Waals surface area (Å²) in [7, 11) is 0. The Balaban J connectivity index is 2.59. The molecule has 0 aliphatic carbocycles. The largest absolute Gasteiger partial charge is 0.478 e. The molecule has 0 aliphatic heterocycles. The number of nitrogens with zero attached hydrogens (tertiary/aromatic N) is 3. The number of hydrogen-bond acceptors (Lipinski definition) is 3. The highest BCUT2D eigenvalue weighted by atomic mass is 16.4. The van der Waals surface area contributed by atoms with Crippen molar-refractivity contribution < 1.29 is 9.90 Å². The fourth-order valence-electron chi connectivity index (χ4n) is 2.01. The zero-order valence-electron chi connectivity index (χ0n) is 10.8. The van der Waals surface area contributed by atoms with Gasteiger partial charge < -0.3 is 5.11 Å². The smallest absolute Gasteiger partial charge is 0.335 e. The molecule has 0 amide bonds. The molecule has 1 heterocycles. The molecule has 2 rings (SSSR count). The first-order chi connectivity index (χ1) is 8.51. The minimum atomic E-state index is -0.944. The van der Waals surface area contributed by atoms with Gasteiger partial charge in [-0.15, -0.1) is 5.10 Å². The van der Waals surface area contributed by atoms with Crippen LogP contribution in [0, 0.1) is 0 Å². The minimum absolute atomic E-state index is 0.0838. The van der Waals surface area contributed by atoms with Crippen molar-refractivity contribution in [2.75, 3.05) is 0 Å². The van der Waals surface area contributed by atoms with E-state index in [9.17, 15) is 4.79 Å². The standard InChI is InChI=1S/C13H17N3O2/c1-4-13(3,5-2)16-11-7-6-9(12(17)18)8-10(11)14-15-16/h6-8H,4-5H2,1-3H3,(H,17,18). The van der Waals surface area contributed by atoms with Crippen LogP contribution in [0.5, 0.6) is 0 Å². The molecule has 0 atom stereocenters. The maximum Gasteiger partial charge on any atom is 0.335 e. The number of benzene rings is 1. The minimum Gasteiger partial charge on any atom is -0.478 e. The van der Waals surface area contributed by atoms with E-state index >= 15 is 0 Å². The number of hydrogen-bond donors (Lipinski definition) is 1. The van der Waals surface area contributed by atoms with Gasteiger partial charge in [0, 0.05) is 0 Å². The summed E-state index contributed by atoms with van der Waals surface area (Å²) in [5.74, 6) is -0.944. The lowest BCUT2D eigenvalue weighted by Crippen LogP contribution is -2.29. The van der Waals surface area contributed by atoms with Gasteiger partial charge in [0.25, 0.3) is 0 Å². The molecule has 0 unspecified atom stereocenters. The molecule has 1 aromatic carbocycles. The van der Waals surface area contributed by atoms with Crippen LogP contribution in [0.3, 0.4) is 0 Å². The molecule has 5 nitrogen and oxygen atoms in total. The molecule has 0 aliphatic rings. The fourth-order valence-corrected chi connectivity index (χ4v) is 2.01. The van der Waals surface area contributed by atoms with Crippen LogP contribution >= 0.6 is 0 Å². The highest BCUT2D eigenvalue weighted by Gasteiger charge is 2.25. The van der Waals surface area contributed by atoms with E-state index in [1.54, 1.807) is 18.2 Å². The number of carboxylic acid groups (broad SMARTS) is 1. The van der Waals surface area contributed by atoms with Gasteiger partial charge in [0.1, 0.15) is 5.52 Å². The zero-order valence-corrected chi connectivity index (χ0v) is 10.8. The van der Waals surface area contributed by atoms with Gasteiger partial charge in [0.05, 0.1) is 16.6 Å². The number of fused-ring (bicyclic) bond motifs is 1. The van der Waals surface area contributed by atoms with Crippen molar-refractivity contribution in [3.8, 4) is 0 Å². The van der Waals surface area contributed by atoms with Crippen molar-refractivity contribution in [2.45, 2.75) is 39.2 Å². The quantitative estimate of drug-likeness (QED) is 0.901. The van der Waals surface area contributed by atoms with E-state index in [-0.39, 0.29) is 11.1 Å². The molecular formula is C13H17N3O2. The Morgan fingerprint density at radius 3 is 2.61 bits per heavy atom. The third-order valence-corrected chi connectivity index (χ3v) is 3.73. The van der Waals surface area contributed by atoms with Crippen molar-refractivity contribution in [3.63, 3.8) is 0 Å². The number of aromatic nitrogens is 3. The topological polar surface area (TPSA) is 68.0 Å². The second kappa shape index (κ2) is 4.40. The maximum absolute atomic E-state index is 10.9. The van der Waals surface area contributed by atoms with Crippen molar-refractivity contribution in [3.05, 3.63) is 23.8 Å². The Labute approximate surface area is 105 Å². The SMILES string of the molecule is CCC(C)(CC)n1nnc2cc(C(=O)O)ccc21. The van der Waals surface area contributed by atoms with Crippen LogP contribution in [0.1, 0.15) is 44.0 Å². The molecule has 0 saturated carbocycles. The van der Waals surface area contributed by atoms with Crippen LogP contribution in [0.2, 0.25) is 0 Å². The summed E-state index contributed by atoms with van der Waals surface area (Å²) < 4.78 is 1.90. The van der Waals surface area contributed by atoms with Crippen LogP contribution in [0.4, 0.5) is 0 Å². The van der Waals surface area contributed by atoms with E-state index in [2.05, 4.69) is 31.1 Å². The Morgan fingerprint density at radius 2 is 2.06 bits per heavy atom. The Kier molecular flexibility index (Phi) is 3.07. The van der Waals surface area contributed by atoms with Crippen molar-refractivity contribution >= 4 is 17.0 Å². The molecule has 0 radical (unpaired) electrons. The van der Waals surface area contributed by atoms with E-state index in [4.69, 9.17) is 5.11 Å². The first-order valence-electron chi connectivity index (χ1n) is 6.11. The normalized spacial score (nSPS) is 11.9. The average Bonchev–Trinajstić information content (AvgIpc) is 2.81. The maximum atomic E-state index is 10.9. The van der Waals surface area contributed by atoms with E-state index in [1.807, 2.05) is 4.68 Å². The summed E-state index contributed by atoms with van der Waals surface area (Å²) in [4.78, 5) is 10.9. The summed E-state index contributed by atoms with van der Waals surface area (Å²) in [5.41, 5.74) is 1.66. The molecule has 0 bridgehead atoms. The van der Waals surface area contributed by atoms with Crippen molar-refractivity contribution in [1.29, 1.82) is 0 Å². The lowest BCUT2D eigenvalue weighted by molar-refractivity contribution is 0.0697. The lowest BCUT2D eigenvalue weighted by Gasteiger charge is -2.27. The summed E-state index contributed by atoms with van der Waals surface area (Å²) in [6.45, 7) is 6.36. The Bertz CT molecular complexity index is 585. The molecule has 1 aromatic heterocycles. The first kappa shape index (κ1) is 12.5. The summed E-state index contributed by atoms with van der Waals surface area (Å²) in [5, 5.41) is 17.2. The molecule has 96 valence electrons. The second-order valence-corrected chi connectivity index (χ2v) is 4.71. The fraction of sp³-hybridized carbons (Fsp3) is 0.462. The van der Waals surface area contributed by atoms with Gasteiger partial charge in [-0.05, 0) is 38.0 Å². The average molecular weight is 247 g/mol. The van der Waals surface area contributed by atoms with Gasteiger partial charge in [0.2, 0.25) is 0 Å². The van der Waals surface area contributed by atoms with Crippen molar-refractivity contribution in [1.82, 2.24) is 15.0 Å². The molecule has 2 aromatic rings. The van der Waals surface area contributed by atoms with E-state index < -0.39 is 5.97 Å². The molecule has 0 saturated heterocycles. The summed E-state index contributed by atoms with van der Waals surface area (Å²) in [6, 6.07) is 4.94. The van der Waals surface area contributed by atoms with Gasteiger partial charge in [-0.1, -0.05) is 19.1 Å². The van der Waals surface area contributed by atoms with Gasteiger partial charge in [0.15, 0.2) is 0 Å². The summed E-state index contributed by atoms with van der Waals surface area (Å²) >= 11 is 0. The lowest BCUT2D eigenvalue weighted by atomic mass is 9.95. The Morgan fingerprint density at radius 1 is 1.39 bits per heavy atom. The Hall–Kier alpha value is -1.91. The summed E-state index contributed by atoms with van der Waals surface area (Å²) in [6.07, 6.45) is 1.89. The number of rotatable bonds is 4. The van der Waals surface area contributed by atoms with Gasteiger partial charge in [-0.3, -0.25) is 0 Å². The second-order valence-electron chi connectivity index (χ2n) is 4.71. The molecule has 1 N–H and O–H groups in total. The van der Waals surface area contributed by atoms with E-state index in [1.165, 1.54) is 0 Å². The van der Waals surface area contributed by atoms with E-state index in [0.717, 1.165) is 18.4 Å². The molecule has 18 heavy (non-hydrogen) atoms. The molecular weight excluding hydrogens is 230 g/mol. The third kappa shape index (κ3) is 1.85. The molecule has 5 heteroatoms. The highest BCUT2D eigenvalue weighted by molar-refractivity contribution is 5.92. The number of carbonyl (C=O) groups is 1. The van der Waals surface area contributed by atoms with Gasteiger partial charge in [-0.25, -0.2) is 9.48 Å². The highest BCUT2D eigenvalue weighted by Crippen LogP contribution is 2.27. The number of carboxylic acids is 1. The monoisotopic (exact) mass is 247 g/mol. The predicted molar refractivity (Wildman–Crippen MR) is 68.7 cm³/mol. The van der Waals surface area contributed by atoms with Crippen LogP contribution in [0.25, 0.3) is 11.0 Å². The van der Waals surface area contributed by atoms with Crippen LogP contribution in [-0.4, -0.2) is 26.1 Å². The van der Waals surface area contributed by atoms with Crippen molar-refractivity contribution in [2.24, 2.45) is 0 Å². The molecule has 0 spiro atoms. The van der Waals surface area contributed by atoms with Gasteiger partial charge in [-0.2, -0.15) is 0 Å². The van der Waals surface area contributed by atoms with Gasteiger partial charge >= 0.3 is 5.97 Å². The molecule has 0 fully saturated rings. The number of aromatic carboxylic acids is 1. The van der Waals surface area contributed by atoms with Crippen LogP contribution in [0.15, 0.2) is 18.2 Å². The van der Waals surface area contributed by atoms with Crippen LogP contribution < -0.4 is 0 Å². The van der Waals surface area contributed by atoms with E-state index in [0.29, 0.717) is 5.52 Å². The van der Waals surface area contributed by atoms with Crippen LogP contribution in [-0.2, 0) is 5.54 Å². The first-order valence-corrected chi connectivity index (χ1v) is 6.11. The third-order valence-electron chi connectivity index (χ3n) is 3.73. The predicted octanol–water partition coefficient (Wildman–Crippen LogP) is 2.66.